The zero-order valence-electron chi connectivity index (χ0n) is 15.9. The van der Waals surface area contributed by atoms with E-state index >= 15 is 0 Å². The number of hydrogen-bond donors (Lipinski definition) is 2. The number of nitriles is 1. The van der Waals surface area contributed by atoms with Crippen molar-refractivity contribution in [2.45, 2.75) is 19.8 Å². The topological polar surface area (TPSA) is 106 Å². The molecule has 7 nitrogen and oxygen atoms in total. The number of aryl methyl sites for hydroxylation is 2. The highest BCUT2D eigenvalue weighted by molar-refractivity contribution is 5.73. The average molecular weight is 386 g/mol. The summed E-state index contributed by atoms with van der Waals surface area (Å²) >= 11 is 0. The minimum Gasteiger partial charge on any atom is -0.454 e. The van der Waals surface area contributed by atoms with Crippen molar-refractivity contribution < 1.29 is 14.2 Å². The highest BCUT2D eigenvalue weighted by Crippen LogP contribution is 2.47. The Morgan fingerprint density at radius 3 is 2.79 bits per heavy atom. The number of rotatable bonds is 2. The number of aromatic nitrogens is 2. The summed E-state index contributed by atoms with van der Waals surface area (Å²) in [5, 5.41) is 17.3. The molecule has 1 aromatic heterocycles. The molecule has 29 heavy (non-hydrogen) atoms. The Bertz CT molecular complexity index is 1220. The lowest BCUT2D eigenvalue weighted by molar-refractivity contribution is 0.174. The van der Waals surface area contributed by atoms with Crippen molar-refractivity contribution in [3.05, 3.63) is 70.1 Å². The van der Waals surface area contributed by atoms with Crippen LogP contribution in [0.1, 0.15) is 28.2 Å². The first-order valence-electron chi connectivity index (χ1n) is 9.20. The number of nitrogens with two attached hydrogens (primary N) is 1. The molecule has 5 rings (SSSR count). The predicted molar refractivity (Wildman–Crippen MR) is 105 cm³/mol. The van der Waals surface area contributed by atoms with E-state index in [2.05, 4.69) is 22.3 Å². The van der Waals surface area contributed by atoms with Crippen molar-refractivity contribution >= 4 is 0 Å². The van der Waals surface area contributed by atoms with Crippen molar-refractivity contribution in [1.82, 2.24) is 10.2 Å². The van der Waals surface area contributed by atoms with Crippen LogP contribution in [0.4, 0.5) is 0 Å². The minimum atomic E-state index is -0.386. The van der Waals surface area contributed by atoms with E-state index in [0.29, 0.717) is 23.0 Å². The summed E-state index contributed by atoms with van der Waals surface area (Å²) in [5.41, 5.74) is 12.0. The third-order valence-electron chi connectivity index (χ3n) is 5.35. The maximum absolute atomic E-state index is 9.87. The van der Waals surface area contributed by atoms with E-state index in [1.807, 2.05) is 44.2 Å². The molecule has 1 atom stereocenters. The van der Waals surface area contributed by atoms with Crippen LogP contribution in [0.15, 0.2) is 47.9 Å². The molecule has 0 radical (unpaired) electrons. The van der Waals surface area contributed by atoms with Gasteiger partial charge in [-0.3, -0.25) is 5.10 Å². The lowest BCUT2D eigenvalue weighted by Crippen LogP contribution is -2.21. The van der Waals surface area contributed by atoms with Crippen molar-refractivity contribution in [3.63, 3.8) is 0 Å². The van der Waals surface area contributed by atoms with Crippen molar-refractivity contribution in [3.8, 4) is 34.7 Å². The first-order valence-corrected chi connectivity index (χ1v) is 9.20. The Balaban J connectivity index is 1.74. The fourth-order valence-electron chi connectivity index (χ4n) is 3.90. The molecule has 0 aliphatic carbocycles. The van der Waals surface area contributed by atoms with Crippen LogP contribution in [0.25, 0.3) is 11.3 Å². The molecule has 2 aromatic carbocycles. The number of hydrogen-bond acceptors (Lipinski definition) is 6. The van der Waals surface area contributed by atoms with Gasteiger partial charge in [-0.05, 0) is 43.2 Å². The van der Waals surface area contributed by atoms with Crippen LogP contribution in [-0.2, 0) is 0 Å². The van der Waals surface area contributed by atoms with Gasteiger partial charge in [-0.1, -0.05) is 23.8 Å². The summed E-state index contributed by atoms with van der Waals surface area (Å²) in [5.74, 6) is 1.44. The zero-order chi connectivity index (χ0) is 20.1. The van der Waals surface area contributed by atoms with Gasteiger partial charge in [0.25, 0.3) is 0 Å². The van der Waals surface area contributed by atoms with Gasteiger partial charge in [0.2, 0.25) is 18.6 Å². The Labute approximate surface area is 167 Å². The molecule has 7 heteroatoms. The largest absolute Gasteiger partial charge is 0.454 e. The standard InChI is InChI=1S/C22H18N4O3/c1-11-3-4-12(2)14(7-11)18-15(9-23)21(24)29-22-19(18)20(25-26-22)13-5-6-16-17(8-13)28-10-27-16/h3-8,18H,10,24H2,1-2H3,(H,25,26)/t18-/m0/s1. The van der Waals surface area contributed by atoms with E-state index in [1.165, 1.54) is 0 Å². The molecule has 3 heterocycles. The van der Waals surface area contributed by atoms with Gasteiger partial charge in [0.05, 0.1) is 17.2 Å². The summed E-state index contributed by atoms with van der Waals surface area (Å²) in [6.07, 6.45) is 0. The van der Waals surface area contributed by atoms with Crippen LogP contribution in [0, 0.1) is 25.2 Å². The molecule has 0 bridgehead atoms. The van der Waals surface area contributed by atoms with Gasteiger partial charge < -0.3 is 19.9 Å². The number of nitrogens with zero attached hydrogens (tertiary/aromatic N) is 2. The molecular formula is C22H18N4O3. The maximum atomic E-state index is 9.87. The number of fused-ring (bicyclic) bond motifs is 2. The summed E-state index contributed by atoms with van der Waals surface area (Å²) < 4.78 is 16.6. The Hall–Kier alpha value is -3.92. The smallest absolute Gasteiger partial charge is 0.244 e. The summed E-state index contributed by atoms with van der Waals surface area (Å²) in [4.78, 5) is 0. The van der Waals surface area contributed by atoms with Crippen LogP contribution in [-0.4, -0.2) is 17.0 Å². The van der Waals surface area contributed by atoms with Gasteiger partial charge in [0.1, 0.15) is 11.6 Å². The van der Waals surface area contributed by atoms with Gasteiger partial charge in [-0.15, -0.1) is 5.10 Å². The van der Waals surface area contributed by atoms with Crippen molar-refractivity contribution in [2.75, 3.05) is 6.79 Å². The van der Waals surface area contributed by atoms with Gasteiger partial charge in [0.15, 0.2) is 11.5 Å². The molecule has 0 saturated carbocycles. The molecular weight excluding hydrogens is 368 g/mol. The third kappa shape index (κ3) is 2.61. The SMILES string of the molecule is Cc1ccc(C)c([C@H]2C(C#N)=C(N)Oc3n[nH]c(-c4ccc5c(c4)OCO5)c32)c1. The molecule has 0 saturated heterocycles. The van der Waals surface area contributed by atoms with E-state index in [1.54, 1.807) is 0 Å². The Morgan fingerprint density at radius 1 is 1.14 bits per heavy atom. The van der Waals surface area contributed by atoms with Crippen LogP contribution in [0.5, 0.6) is 17.4 Å². The lowest BCUT2D eigenvalue weighted by Gasteiger charge is -2.25. The van der Waals surface area contributed by atoms with Crippen LogP contribution in [0.3, 0.4) is 0 Å². The first kappa shape index (κ1) is 17.2. The number of aromatic amines is 1. The average Bonchev–Trinajstić information content (AvgIpc) is 3.34. The fourth-order valence-corrected chi connectivity index (χ4v) is 3.90. The summed E-state index contributed by atoms with van der Waals surface area (Å²) in [7, 11) is 0. The summed E-state index contributed by atoms with van der Waals surface area (Å²) in [6.45, 7) is 4.25. The van der Waals surface area contributed by atoms with Crippen LogP contribution >= 0.6 is 0 Å². The Morgan fingerprint density at radius 2 is 1.97 bits per heavy atom. The number of benzene rings is 2. The van der Waals surface area contributed by atoms with E-state index < -0.39 is 0 Å². The molecule has 3 aromatic rings. The van der Waals surface area contributed by atoms with Gasteiger partial charge >= 0.3 is 0 Å². The maximum Gasteiger partial charge on any atom is 0.244 e. The second-order valence-corrected chi connectivity index (χ2v) is 7.17. The highest BCUT2D eigenvalue weighted by Gasteiger charge is 2.36. The fraction of sp³-hybridized carbons (Fsp3) is 0.182. The molecule has 3 N–H and O–H groups in total. The number of nitrogens with one attached hydrogen (secondary N) is 1. The predicted octanol–water partition coefficient (Wildman–Crippen LogP) is 3.64. The monoisotopic (exact) mass is 386 g/mol. The molecule has 144 valence electrons. The quantitative estimate of drug-likeness (QED) is 0.696. The highest BCUT2D eigenvalue weighted by atomic mass is 16.7. The van der Waals surface area contributed by atoms with Crippen molar-refractivity contribution in [2.24, 2.45) is 5.73 Å². The number of ether oxygens (including phenoxy) is 3. The molecule has 0 fully saturated rings. The second-order valence-electron chi connectivity index (χ2n) is 7.17. The van der Waals surface area contributed by atoms with E-state index in [0.717, 1.165) is 33.5 Å². The van der Waals surface area contributed by atoms with E-state index in [-0.39, 0.29) is 18.6 Å². The van der Waals surface area contributed by atoms with E-state index in [4.69, 9.17) is 19.9 Å². The molecule has 2 aliphatic rings. The number of allylic oxidation sites excluding steroid dienone is 1. The molecule has 0 amide bonds. The Kier molecular flexibility index (Phi) is 3.74. The molecule has 2 aliphatic heterocycles. The van der Waals surface area contributed by atoms with Gasteiger partial charge in [0, 0.05) is 5.56 Å². The molecule has 0 unspecified atom stereocenters. The van der Waals surface area contributed by atoms with Gasteiger partial charge in [-0.2, -0.15) is 5.26 Å². The second kappa shape index (κ2) is 6.31. The van der Waals surface area contributed by atoms with Crippen LogP contribution in [0.2, 0.25) is 0 Å². The normalized spacial score (nSPS) is 16.9. The summed E-state index contributed by atoms with van der Waals surface area (Å²) in [6, 6.07) is 14.1. The number of H-pyrrole nitrogens is 1. The minimum absolute atomic E-state index is 0.0784. The zero-order valence-corrected chi connectivity index (χ0v) is 15.9. The van der Waals surface area contributed by atoms with Gasteiger partial charge in [-0.25, -0.2) is 0 Å². The molecule has 0 spiro atoms. The lowest BCUT2D eigenvalue weighted by atomic mass is 9.80. The van der Waals surface area contributed by atoms with Crippen LogP contribution < -0.4 is 19.9 Å². The van der Waals surface area contributed by atoms with Crippen molar-refractivity contribution in [1.29, 1.82) is 5.26 Å². The third-order valence-corrected chi connectivity index (χ3v) is 5.35. The first-order chi connectivity index (χ1) is 14.1. The van der Waals surface area contributed by atoms with E-state index in [9.17, 15) is 5.26 Å².